The third kappa shape index (κ3) is 5.56. The van der Waals surface area contributed by atoms with E-state index in [0.717, 1.165) is 60.0 Å². The van der Waals surface area contributed by atoms with E-state index in [-0.39, 0.29) is 16.5 Å². The Morgan fingerprint density at radius 2 is 1.91 bits per heavy atom. The Bertz CT molecular complexity index is 1190. The van der Waals surface area contributed by atoms with Crippen LogP contribution in [0.1, 0.15) is 36.0 Å². The Morgan fingerprint density at radius 1 is 1.15 bits per heavy atom. The molecule has 0 N–H and O–H groups in total. The maximum atomic E-state index is 13.7. The van der Waals surface area contributed by atoms with Crippen LogP contribution in [0, 0.1) is 10.1 Å². The Morgan fingerprint density at radius 3 is 2.62 bits per heavy atom. The van der Waals surface area contributed by atoms with Gasteiger partial charge < -0.3 is 9.80 Å². The molecule has 180 valence electrons. The molecule has 0 unspecified atom stereocenters. The van der Waals surface area contributed by atoms with Crippen molar-refractivity contribution in [1.82, 2.24) is 9.88 Å². The van der Waals surface area contributed by atoms with Gasteiger partial charge in [-0.05, 0) is 76.7 Å². The van der Waals surface area contributed by atoms with Crippen LogP contribution in [0.2, 0.25) is 0 Å². The van der Waals surface area contributed by atoms with Crippen LogP contribution in [-0.2, 0) is 0 Å². The fourth-order valence-electron chi connectivity index (χ4n) is 4.19. The smallest absolute Gasteiger partial charge is 0.293 e. The topological polar surface area (TPSA) is 82.8 Å². The molecule has 1 saturated heterocycles. The van der Waals surface area contributed by atoms with Gasteiger partial charge >= 0.3 is 0 Å². The molecule has 10 heteroatoms. The van der Waals surface area contributed by atoms with Crippen molar-refractivity contribution in [1.29, 1.82) is 0 Å². The number of anilines is 2. The molecule has 1 aromatic heterocycles. The van der Waals surface area contributed by atoms with Crippen molar-refractivity contribution in [3.8, 4) is 0 Å². The summed E-state index contributed by atoms with van der Waals surface area (Å²) in [7, 11) is 3.98. The summed E-state index contributed by atoms with van der Waals surface area (Å²) < 4.78 is 1.92. The number of hydrogen-bond donors (Lipinski definition) is 0. The summed E-state index contributed by atoms with van der Waals surface area (Å²) in [5.74, 6) is -0.273. The molecule has 2 aromatic carbocycles. The van der Waals surface area contributed by atoms with Gasteiger partial charge in [-0.1, -0.05) is 27.3 Å². The van der Waals surface area contributed by atoms with Gasteiger partial charge in [0, 0.05) is 35.7 Å². The van der Waals surface area contributed by atoms with Crippen molar-refractivity contribution < 1.29 is 9.72 Å². The van der Waals surface area contributed by atoms with Gasteiger partial charge in [0.1, 0.15) is 5.69 Å². The third-order valence-corrected chi connectivity index (χ3v) is 7.45. The number of fused-ring (bicyclic) bond motifs is 1. The molecule has 1 amide bonds. The molecule has 0 aliphatic carbocycles. The summed E-state index contributed by atoms with van der Waals surface area (Å²) in [4.78, 5) is 35.7. The molecule has 0 radical (unpaired) electrons. The second kappa shape index (κ2) is 10.8. The highest BCUT2D eigenvalue weighted by Gasteiger charge is 2.26. The molecule has 34 heavy (non-hydrogen) atoms. The van der Waals surface area contributed by atoms with Crippen LogP contribution in [0.3, 0.4) is 0 Å². The normalized spacial score (nSPS) is 14.1. The molecule has 4 rings (SSSR count). The first-order valence-electron chi connectivity index (χ1n) is 11.4. The van der Waals surface area contributed by atoms with Crippen molar-refractivity contribution in [3.05, 3.63) is 56.5 Å². The Kier molecular flexibility index (Phi) is 7.80. The number of nitro groups is 1. The maximum Gasteiger partial charge on any atom is 0.293 e. The summed E-state index contributed by atoms with van der Waals surface area (Å²) in [6.07, 6.45) is 3.93. The van der Waals surface area contributed by atoms with Crippen LogP contribution >= 0.6 is 27.3 Å². The summed E-state index contributed by atoms with van der Waals surface area (Å²) >= 11 is 4.93. The highest BCUT2D eigenvalue weighted by atomic mass is 79.9. The first kappa shape index (κ1) is 24.6. The van der Waals surface area contributed by atoms with E-state index in [1.54, 1.807) is 17.0 Å². The average molecular weight is 546 g/mol. The van der Waals surface area contributed by atoms with E-state index in [1.165, 1.54) is 17.4 Å². The number of thiazole rings is 1. The summed E-state index contributed by atoms with van der Waals surface area (Å²) in [5, 5.41) is 12.5. The lowest BCUT2D eigenvalue weighted by atomic mass is 10.1. The number of hydrogen-bond acceptors (Lipinski definition) is 7. The van der Waals surface area contributed by atoms with Gasteiger partial charge in [0.2, 0.25) is 0 Å². The van der Waals surface area contributed by atoms with Gasteiger partial charge in [0.25, 0.3) is 11.6 Å². The van der Waals surface area contributed by atoms with Crippen LogP contribution in [0.15, 0.2) is 40.9 Å². The Hall–Kier alpha value is -2.56. The highest BCUT2D eigenvalue weighted by molar-refractivity contribution is 9.10. The molecule has 0 saturated carbocycles. The predicted octanol–water partition coefficient (Wildman–Crippen LogP) is 5.56. The van der Waals surface area contributed by atoms with Gasteiger partial charge in [0.15, 0.2) is 5.13 Å². The number of amides is 1. The number of piperidine rings is 1. The number of rotatable bonds is 8. The van der Waals surface area contributed by atoms with Crippen molar-refractivity contribution in [2.24, 2.45) is 0 Å². The van der Waals surface area contributed by atoms with E-state index in [2.05, 4.69) is 25.7 Å². The molecule has 0 spiro atoms. The van der Waals surface area contributed by atoms with E-state index in [9.17, 15) is 14.9 Å². The van der Waals surface area contributed by atoms with E-state index >= 15 is 0 Å². The monoisotopic (exact) mass is 545 g/mol. The number of nitrogens with zero attached hydrogens (tertiary/aromatic N) is 5. The van der Waals surface area contributed by atoms with Gasteiger partial charge in [-0.25, -0.2) is 4.98 Å². The van der Waals surface area contributed by atoms with Gasteiger partial charge in [-0.2, -0.15) is 0 Å². The van der Waals surface area contributed by atoms with Crippen LogP contribution in [0.5, 0.6) is 0 Å². The van der Waals surface area contributed by atoms with Crippen molar-refractivity contribution >= 4 is 59.9 Å². The van der Waals surface area contributed by atoms with Gasteiger partial charge in [0.05, 0.1) is 15.1 Å². The SMILES string of the molecule is CN(C)CCCN(C(=O)c1ccc(N2CCCCC2)c([N+](=O)[O-])c1)c1nc2ccc(Br)cc2s1. The van der Waals surface area contributed by atoms with Gasteiger partial charge in [-0.3, -0.25) is 19.8 Å². The van der Waals surface area contributed by atoms with Crippen molar-refractivity contribution in [3.63, 3.8) is 0 Å². The molecule has 0 bridgehead atoms. The molecule has 2 heterocycles. The molecular weight excluding hydrogens is 518 g/mol. The first-order valence-corrected chi connectivity index (χ1v) is 13.0. The zero-order valence-corrected chi connectivity index (χ0v) is 21.8. The van der Waals surface area contributed by atoms with Crippen LogP contribution in [0.25, 0.3) is 10.2 Å². The largest absolute Gasteiger partial charge is 0.366 e. The first-order chi connectivity index (χ1) is 16.3. The average Bonchev–Trinajstić information content (AvgIpc) is 3.24. The van der Waals surface area contributed by atoms with Crippen LogP contribution in [0.4, 0.5) is 16.5 Å². The molecule has 1 aliphatic heterocycles. The molecule has 3 aromatic rings. The van der Waals surface area contributed by atoms with Crippen molar-refractivity contribution in [2.75, 3.05) is 50.1 Å². The fourth-order valence-corrected chi connectivity index (χ4v) is 5.73. The molecule has 1 fully saturated rings. The lowest BCUT2D eigenvalue weighted by molar-refractivity contribution is -0.384. The fraction of sp³-hybridized carbons (Fsp3) is 0.417. The van der Waals surface area contributed by atoms with E-state index < -0.39 is 0 Å². The summed E-state index contributed by atoms with van der Waals surface area (Å²) in [5.41, 5.74) is 1.69. The molecule has 1 aliphatic rings. The number of halogens is 1. The minimum atomic E-state index is -0.383. The van der Waals surface area contributed by atoms with Gasteiger partial charge in [-0.15, -0.1) is 0 Å². The van der Waals surface area contributed by atoms with Crippen LogP contribution in [-0.4, -0.2) is 61.0 Å². The molecule has 0 atom stereocenters. The molecular formula is C24H28BrN5O3S. The number of benzene rings is 2. The summed E-state index contributed by atoms with van der Waals surface area (Å²) in [6.45, 7) is 2.88. The van der Waals surface area contributed by atoms with Crippen LogP contribution < -0.4 is 9.80 Å². The lowest BCUT2D eigenvalue weighted by Gasteiger charge is -2.28. The maximum absolute atomic E-state index is 13.7. The zero-order chi connectivity index (χ0) is 24.2. The number of carbonyl (C=O) groups is 1. The number of nitro benzene ring substituents is 1. The quantitative estimate of drug-likeness (QED) is 0.272. The van der Waals surface area contributed by atoms with E-state index in [4.69, 9.17) is 4.98 Å². The second-order valence-corrected chi connectivity index (χ2v) is 10.7. The Balaban J connectivity index is 1.68. The lowest BCUT2D eigenvalue weighted by Crippen LogP contribution is -2.34. The van der Waals surface area contributed by atoms with E-state index in [1.807, 2.05) is 32.3 Å². The predicted molar refractivity (Wildman–Crippen MR) is 141 cm³/mol. The summed E-state index contributed by atoms with van der Waals surface area (Å²) in [6, 6.07) is 10.7. The van der Waals surface area contributed by atoms with E-state index in [0.29, 0.717) is 22.9 Å². The Labute approximate surface area is 211 Å². The number of carbonyl (C=O) groups excluding carboxylic acids is 1. The van der Waals surface area contributed by atoms with Crippen molar-refractivity contribution in [2.45, 2.75) is 25.7 Å². The minimum Gasteiger partial charge on any atom is -0.366 e. The zero-order valence-electron chi connectivity index (χ0n) is 19.4. The third-order valence-electron chi connectivity index (χ3n) is 5.92. The second-order valence-electron chi connectivity index (χ2n) is 8.73. The molecule has 8 nitrogen and oxygen atoms in total. The minimum absolute atomic E-state index is 0.0192. The highest BCUT2D eigenvalue weighted by Crippen LogP contribution is 2.34. The standard InChI is InChI=1S/C24H28BrN5O3S/c1-27(2)11-6-14-29(24-26-19-9-8-18(25)16-22(19)34-24)23(31)17-7-10-20(21(15-17)30(32)33)28-12-4-3-5-13-28/h7-10,15-16H,3-6,11-14H2,1-2H3. The number of aromatic nitrogens is 1.